The number of benzene rings is 1. The molecule has 1 unspecified atom stereocenters. The highest BCUT2D eigenvalue weighted by atomic mass is 32.1. The lowest BCUT2D eigenvalue weighted by atomic mass is 9.97. The van der Waals surface area contributed by atoms with Gasteiger partial charge in [-0.3, -0.25) is 15.1 Å². The lowest BCUT2D eigenvalue weighted by Crippen LogP contribution is -2.45. The van der Waals surface area contributed by atoms with Crippen molar-refractivity contribution in [3.05, 3.63) is 53.5 Å². The summed E-state index contributed by atoms with van der Waals surface area (Å²) in [5.41, 5.74) is 2.49. The van der Waals surface area contributed by atoms with Gasteiger partial charge in [0.25, 0.3) is 0 Å². The van der Waals surface area contributed by atoms with Gasteiger partial charge in [-0.1, -0.05) is 18.2 Å². The Labute approximate surface area is 167 Å². The molecule has 1 aliphatic heterocycles. The van der Waals surface area contributed by atoms with Crippen molar-refractivity contribution in [3.8, 4) is 0 Å². The standard InChI is InChI=1S/C21H22N4O2S/c1-14-12-18(16-7-2-3-8-17(16)22-14)23-20(26)15-6-4-10-25(13-15)21(27)24-19-9-5-11-28-19/h2-3,5,7-9,11-12,15H,4,6,10,13H2,1H3,(H,24,27)(H,22,23,26). The minimum absolute atomic E-state index is 0.0515. The first-order valence-electron chi connectivity index (χ1n) is 9.37. The second-order valence-corrected chi connectivity index (χ2v) is 7.96. The fraction of sp³-hybridized carbons (Fsp3) is 0.286. The molecule has 0 spiro atoms. The van der Waals surface area contributed by atoms with E-state index >= 15 is 0 Å². The van der Waals surface area contributed by atoms with Crippen molar-refractivity contribution < 1.29 is 9.59 Å². The minimum Gasteiger partial charge on any atom is -0.325 e. The largest absolute Gasteiger partial charge is 0.325 e. The Morgan fingerprint density at radius 2 is 2.04 bits per heavy atom. The van der Waals surface area contributed by atoms with Crippen LogP contribution in [0.25, 0.3) is 10.9 Å². The van der Waals surface area contributed by atoms with Gasteiger partial charge in [0.15, 0.2) is 0 Å². The van der Waals surface area contributed by atoms with E-state index in [1.54, 1.807) is 4.90 Å². The van der Waals surface area contributed by atoms with Crippen LogP contribution < -0.4 is 10.6 Å². The van der Waals surface area contributed by atoms with E-state index in [1.807, 2.05) is 54.8 Å². The first kappa shape index (κ1) is 18.4. The molecular formula is C21H22N4O2S. The number of aromatic nitrogens is 1. The van der Waals surface area contributed by atoms with E-state index in [2.05, 4.69) is 15.6 Å². The van der Waals surface area contributed by atoms with Gasteiger partial charge in [-0.25, -0.2) is 4.79 Å². The predicted molar refractivity (Wildman–Crippen MR) is 113 cm³/mol. The smallest absolute Gasteiger partial charge is 0.322 e. The fourth-order valence-electron chi connectivity index (χ4n) is 3.56. The number of para-hydroxylation sites is 1. The lowest BCUT2D eigenvalue weighted by molar-refractivity contribution is -0.121. The quantitative estimate of drug-likeness (QED) is 0.687. The average molecular weight is 395 g/mol. The van der Waals surface area contributed by atoms with Crippen LogP contribution in [0.4, 0.5) is 15.5 Å². The number of thiophene rings is 1. The molecule has 0 radical (unpaired) electrons. The van der Waals surface area contributed by atoms with E-state index in [0.717, 1.165) is 40.1 Å². The Kier molecular flexibility index (Phi) is 5.25. The first-order valence-corrected chi connectivity index (χ1v) is 10.2. The molecule has 2 N–H and O–H groups in total. The molecule has 3 heterocycles. The van der Waals surface area contributed by atoms with Gasteiger partial charge in [0, 0.05) is 24.2 Å². The fourth-order valence-corrected chi connectivity index (χ4v) is 4.16. The van der Waals surface area contributed by atoms with Crippen molar-refractivity contribution in [2.24, 2.45) is 5.92 Å². The number of nitrogens with zero attached hydrogens (tertiary/aromatic N) is 2. The molecule has 3 aromatic rings. The summed E-state index contributed by atoms with van der Waals surface area (Å²) in [5.74, 6) is -0.278. The molecule has 6 nitrogen and oxygen atoms in total. The molecule has 4 rings (SSSR count). The summed E-state index contributed by atoms with van der Waals surface area (Å²) >= 11 is 1.48. The molecule has 1 aliphatic rings. The number of anilines is 2. The minimum atomic E-state index is -0.227. The maximum Gasteiger partial charge on any atom is 0.322 e. The van der Waals surface area contributed by atoms with Crippen LogP contribution in [0.3, 0.4) is 0 Å². The summed E-state index contributed by atoms with van der Waals surface area (Å²) in [6.07, 6.45) is 1.59. The molecule has 7 heteroatoms. The van der Waals surface area contributed by atoms with Crippen molar-refractivity contribution in [2.45, 2.75) is 19.8 Å². The van der Waals surface area contributed by atoms with Gasteiger partial charge in [-0.05, 0) is 49.4 Å². The molecule has 1 atom stereocenters. The molecule has 0 aliphatic carbocycles. The monoisotopic (exact) mass is 394 g/mol. The maximum absolute atomic E-state index is 12.9. The van der Waals surface area contributed by atoms with Crippen molar-refractivity contribution >= 4 is 44.9 Å². The second-order valence-electron chi connectivity index (χ2n) is 7.01. The van der Waals surface area contributed by atoms with E-state index in [4.69, 9.17) is 0 Å². The molecule has 0 bridgehead atoms. The van der Waals surface area contributed by atoms with E-state index in [9.17, 15) is 9.59 Å². The molecule has 2 aromatic heterocycles. The third-order valence-electron chi connectivity index (χ3n) is 4.93. The normalized spacial score (nSPS) is 16.8. The van der Waals surface area contributed by atoms with Crippen LogP contribution in [0, 0.1) is 12.8 Å². The summed E-state index contributed by atoms with van der Waals surface area (Å²) in [7, 11) is 0. The second kappa shape index (κ2) is 7.98. The molecule has 1 saturated heterocycles. The Morgan fingerprint density at radius 3 is 2.86 bits per heavy atom. The lowest BCUT2D eigenvalue weighted by Gasteiger charge is -2.32. The number of hydrogen-bond donors (Lipinski definition) is 2. The highest BCUT2D eigenvalue weighted by Crippen LogP contribution is 2.25. The number of rotatable bonds is 3. The Balaban J connectivity index is 1.46. The van der Waals surface area contributed by atoms with E-state index < -0.39 is 0 Å². The third kappa shape index (κ3) is 3.99. The van der Waals surface area contributed by atoms with Crippen LogP contribution in [-0.4, -0.2) is 34.9 Å². The van der Waals surface area contributed by atoms with Gasteiger partial charge >= 0.3 is 6.03 Å². The number of nitrogens with one attached hydrogen (secondary N) is 2. The van der Waals surface area contributed by atoms with E-state index in [-0.39, 0.29) is 17.9 Å². The number of carbonyl (C=O) groups excluding carboxylic acids is 2. The molecule has 1 aromatic carbocycles. The van der Waals surface area contributed by atoms with Crippen molar-refractivity contribution in [1.82, 2.24) is 9.88 Å². The molecular weight excluding hydrogens is 372 g/mol. The third-order valence-corrected chi connectivity index (χ3v) is 5.72. The molecule has 0 saturated carbocycles. The van der Waals surface area contributed by atoms with Gasteiger partial charge in [0.05, 0.1) is 22.1 Å². The van der Waals surface area contributed by atoms with Crippen LogP contribution in [0.2, 0.25) is 0 Å². The van der Waals surface area contributed by atoms with Crippen LogP contribution in [0.5, 0.6) is 0 Å². The zero-order valence-corrected chi connectivity index (χ0v) is 16.5. The number of carbonyl (C=O) groups is 2. The number of fused-ring (bicyclic) bond motifs is 1. The Morgan fingerprint density at radius 1 is 1.18 bits per heavy atom. The topological polar surface area (TPSA) is 74.3 Å². The molecule has 1 fully saturated rings. The highest BCUT2D eigenvalue weighted by molar-refractivity contribution is 7.14. The number of piperidine rings is 1. The Bertz CT molecular complexity index is 1000. The molecule has 28 heavy (non-hydrogen) atoms. The summed E-state index contributed by atoms with van der Waals surface area (Å²) in [6, 6.07) is 13.3. The van der Waals surface area contributed by atoms with Gasteiger partial charge in [0.2, 0.25) is 5.91 Å². The number of hydrogen-bond acceptors (Lipinski definition) is 4. The molecule has 3 amide bonds. The summed E-state index contributed by atoms with van der Waals surface area (Å²) in [6.45, 7) is 3.00. The van der Waals surface area contributed by atoms with Gasteiger partial charge in [0.1, 0.15) is 0 Å². The van der Waals surface area contributed by atoms with Crippen LogP contribution >= 0.6 is 11.3 Å². The first-order chi connectivity index (χ1) is 13.6. The van der Waals surface area contributed by atoms with Gasteiger partial charge in [-0.2, -0.15) is 0 Å². The molecule has 144 valence electrons. The summed E-state index contributed by atoms with van der Waals surface area (Å²) in [5, 5.41) is 9.62. The number of amides is 3. The van der Waals surface area contributed by atoms with Crippen molar-refractivity contribution in [1.29, 1.82) is 0 Å². The average Bonchev–Trinajstić information content (AvgIpc) is 3.21. The zero-order valence-electron chi connectivity index (χ0n) is 15.6. The van der Waals surface area contributed by atoms with Gasteiger partial charge < -0.3 is 10.2 Å². The van der Waals surface area contributed by atoms with Crippen LogP contribution in [0.15, 0.2) is 47.8 Å². The summed E-state index contributed by atoms with van der Waals surface area (Å²) in [4.78, 5) is 31.7. The zero-order chi connectivity index (χ0) is 19.5. The summed E-state index contributed by atoms with van der Waals surface area (Å²) < 4.78 is 0. The van der Waals surface area contributed by atoms with Gasteiger partial charge in [-0.15, -0.1) is 11.3 Å². The predicted octanol–water partition coefficient (Wildman–Crippen LogP) is 4.49. The van der Waals surface area contributed by atoms with Crippen molar-refractivity contribution in [3.63, 3.8) is 0 Å². The number of pyridine rings is 1. The number of urea groups is 1. The Hall–Kier alpha value is -2.93. The number of likely N-dealkylation sites (tertiary alicyclic amines) is 1. The number of aryl methyl sites for hydroxylation is 1. The van der Waals surface area contributed by atoms with Crippen LogP contribution in [0.1, 0.15) is 18.5 Å². The van der Waals surface area contributed by atoms with Crippen LogP contribution in [-0.2, 0) is 4.79 Å². The van der Waals surface area contributed by atoms with Crippen molar-refractivity contribution in [2.75, 3.05) is 23.7 Å². The highest BCUT2D eigenvalue weighted by Gasteiger charge is 2.29. The SMILES string of the molecule is Cc1cc(NC(=O)C2CCCN(C(=O)Nc3cccs3)C2)c2ccccc2n1. The maximum atomic E-state index is 12.9. The van der Waals surface area contributed by atoms with E-state index in [1.165, 1.54) is 11.3 Å². The van der Waals surface area contributed by atoms with E-state index in [0.29, 0.717) is 13.1 Å².